The number of aliphatic hydroxyl groups is 1. The lowest BCUT2D eigenvalue weighted by Gasteiger charge is -2.08. The summed E-state index contributed by atoms with van der Waals surface area (Å²) in [6.45, 7) is 2.63. The SMILES string of the molecule is CC(/C=C/CO)OCc1ccccc1. The summed E-state index contributed by atoms with van der Waals surface area (Å²) in [5.74, 6) is 0. The fraction of sp³-hybridized carbons (Fsp3) is 0.333. The molecule has 0 aliphatic carbocycles. The van der Waals surface area contributed by atoms with Crippen molar-refractivity contribution >= 4 is 0 Å². The second-order valence-corrected chi connectivity index (χ2v) is 3.11. The van der Waals surface area contributed by atoms with Gasteiger partial charge in [-0.2, -0.15) is 0 Å². The van der Waals surface area contributed by atoms with Crippen molar-refractivity contribution in [1.29, 1.82) is 0 Å². The van der Waals surface area contributed by atoms with E-state index in [9.17, 15) is 0 Å². The molecule has 1 rings (SSSR count). The normalized spacial score (nSPS) is 13.3. The second kappa shape index (κ2) is 6.35. The minimum atomic E-state index is 0.0438. The number of hydrogen-bond donors (Lipinski definition) is 1. The number of rotatable bonds is 5. The van der Waals surface area contributed by atoms with E-state index in [1.165, 1.54) is 0 Å². The quantitative estimate of drug-likeness (QED) is 0.724. The Morgan fingerprint density at radius 1 is 1.36 bits per heavy atom. The molecule has 0 aromatic heterocycles. The zero-order chi connectivity index (χ0) is 10.2. The van der Waals surface area contributed by atoms with Crippen molar-refractivity contribution in [3.05, 3.63) is 48.0 Å². The van der Waals surface area contributed by atoms with Crippen LogP contribution in [0.2, 0.25) is 0 Å². The van der Waals surface area contributed by atoms with Crippen LogP contribution in [0.5, 0.6) is 0 Å². The summed E-state index contributed by atoms with van der Waals surface area (Å²) in [7, 11) is 0. The molecule has 0 heterocycles. The first-order chi connectivity index (χ1) is 6.83. The molecular weight excluding hydrogens is 176 g/mol. The Kier molecular flexibility index (Phi) is 4.97. The Hall–Kier alpha value is -1.12. The van der Waals surface area contributed by atoms with Crippen molar-refractivity contribution in [3.63, 3.8) is 0 Å². The van der Waals surface area contributed by atoms with Crippen molar-refractivity contribution in [3.8, 4) is 0 Å². The fourth-order valence-corrected chi connectivity index (χ4v) is 1.11. The van der Waals surface area contributed by atoms with Crippen LogP contribution in [0.4, 0.5) is 0 Å². The van der Waals surface area contributed by atoms with Crippen LogP contribution >= 0.6 is 0 Å². The number of hydrogen-bond acceptors (Lipinski definition) is 2. The summed E-state index contributed by atoms with van der Waals surface area (Å²) in [6, 6.07) is 10.0. The Bertz CT molecular complexity index is 267. The van der Waals surface area contributed by atoms with Crippen LogP contribution in [-0.4, -0.2) is 17.8 Å². The van der Waals surface area contributed by atoms with E-state index in [0.717, 1.165) is 5.56 Å². The smallest absolute Gasteiger partial charge is 0.0733 e. The van der Waals surface area contributed by atoms with Crippen LogP contribution < -0.4 is 0 Å². The molecule has 0 aliphatic heterocycles. The number of aliphatic hydroxyl groups excluding tert-OH is 1. The van der Waals surface area contributed by atoms with E-state index < -0.39 is 0 Å². The van der Waals surface area contributed by atoms with E-state index >= 15 is 0 Å². The van der Waals surface area contributed by atoms with E-state index in [4.69, 9.17) is 9.84 Å². The molecule has 0 amide bonds. The van der Waals surface area contributed by atoms with Gasteiger partial charge in [-0.1, -0.05) is 42.5 Å². The van der Waals surface area contributed by atoms with E-state index in [1.807, 2.05) is 43.3 Å². The molecule has 14 heavy (non-hydrogen) atoms. The van der Waals surface area contributed by atoms with Gasteiger partial charge in [-0.15, -0.1) is 0 Å². The summed E-state index contributed by atoms with van der Waals surface area (Å²) in [5, 5.41) is 8.56. The first-order valence-electron chi connectivity index (χ1n) is 4.76. The highest BCUT2D eigenvalue weighted by atomic mass is 16.5. The predicted octanol–water partition coefficient (Wildman–Crippen LogP) is 2.14. The average molecular weight is 192 g/mol. The highest BCUT2D eigenvalue weighted by Gasteiger charge is 1.96. The van der Waals surface area contributed by atoms with Crippen LogP contribution in [0.25, 0.3) is 0 Å². The first-order valence-corrected chi connectivity index (χ1v) is 4.76. The molecule has 2 heteroatoms. The lowest BCUT2D eigenvalue weighted by Crippen LogP contribution is -2.04. The zero-order valence-electron chi connectivity index (χ0n) is 8.39. The highest BCUT2D eigenvalue weighted by Crippen LogP contribution is 2.03. The van der Waals surface area contributed by atoms with Gasteiger partial charge in [-0.25, -0.2) is 0 Å². The Labute approximate surface area is 84.8 Å². The molecular formula is C12H16O2. The van der Waals surface area contributed by atoms with Gasteiger partial charge in [0.1, 0.15) is 0 Å². The molecule has 1 aromatic carbocycles. The molecule has 1 atom stereocenters. The average Bonchev–Trinajstić information content (AvgIpc) is 2.25. The molecule has 1 N–H and O–H groups in total. The van der Waals surface area contributed by atoms with Gasteiger partial charge in [-0.3, -0.25) is 0 Å². The van der Waals surface area contributed by atoms with Gasteiger partial charge in [-0.05, 0) is 12.5 Å². The molecule has 2 nitrogen and oxygen atoms in total. The summed E-state index contributed by atoms with van der Waals surface area (Å²) in [6.07, 6.45) is 3.58. The minimum absolute atomic E-state index is 0.0438. The van der Waals surface area contributed by atoms with Gasteiger partial charge in [0.05, 0.1) is 19.3 Å². The van der Waals surface area contributed by atoms with E-state index in [2.05, 4.69) is 0 Å². The Morgan fingerprint density at radius 3 is 2.71 bits per heavy atom. The van der Waals surface area contributed by atoms with E-state index in [-0.39, 0.29) is 12.7 Å². The molecule has 1 unspecified atom stereocenters. The van der Waals surface area contributed by atoms with Crippen LogP contribution in [0, 0.1) is 0 Å². The molecule has 0 fully saturated rings. The molecule has 1 aromatic rings. The van der Waals surface area contributed by atoms with Gasteiger partial charge in [0.2, 0.25) is 0 Å². The summed E-state index contributed by atoms with van der Waals surface area (Å²) in [4.78, 5) is 0. The van der Waals surface area contributed by atoms with Gasteiger partial charge < -0.3 is 9.84 Å². The second-order valence-electron chi connectivity index (χ2n) is 3.11. The number of ether oxygens (including phenoxy) is 1. The summed E-state index contributed by atoms with van der Waals surface area (Å²) in [5.41, 5.74) is 1.16. The third kappa shape index (κ3) is 4.21. The van der Waals surface area contributed by atoms with Crippen LogP contribution in [-0.2, 0) is 11.3 Å². The highest BCUT2D eigenvalue weighted by molar-refractivity contribution is 5.13. The number of benzene rings is 1. The lowest BCUT2D eigenvalue weighted by molar-refractivity contribution is 0.0836. The van der Waals surface area contributed by atoms with Crippen LogP contribution in [0.1, 0.15) is 12.5 Å². The maximum Gasteiger partial charge on any atom is 0.0733 e. The zero-order valence-corrected chi connectivity index (χ0v) is 8.39. The third-order valence-electron chi connectivity index (χ3n) is 1.87. The van der Waals surface area contributed by atoms with E-state index in [0.29, 0.717) is 6.61 Å². The van der Waals surface area contributed by atoms with Crippen molar-refractivity contribution in [2.24, 2.45) is 0 Å². The Balaban J connectivity index is 2.30. The monoisotopic (exact) mass is 192 g/mol. The molecule has 0 saturated carbocycles. The summed E-state index contributed by atoms with van der Waals surface area (Å²) < 4.78 is 5.53. The molecule has 76 valence electrons. The van der Waals surface area contributed by atoms with Gasteiger partial charge in [0, 0.05) is 0 Å². The fourth-order valence-electron chi connectivity index (χ4n) is 1.11. The van der Waals surface area contributed by atoms with Crippen molar-refractivity contribution in [1.82, 2.24) is 0 Å². The maximum absolute atomic E-state index is 8.56. The van der Waals surface area contributed by atoms with Crippen LogP contribution in [0.15, 0.2) is 42.5 Å². The largest absolute Gasteiger partial charge is 0.392 e. The molecule has 0 saturated heterocycles. The van der Waals surface area contributed by atoms with Gasteiger partial charge >= 0.3 is 0 Å². The van der Waals surface area contributed by atoms with Crippen molar-refractivity contribution in [2.45, 2.75) is 19.6 Å². The van der Waals surface area contributed by atoms with E-state index in [1.54, 1.807) is 6.08 Å². The topological polar surface area (TPSA) is 29.5 Å². The van der Waals surface area contributed by atoms with Gasteiger partial charge in [0.25, 0.3) is 0 Å². The molecule has 0 bridgehead atoms. The maximum atomic E-state index is 8.56. The predicted molar refractivity (Wildman–Crippen MR) is 56.9 cm³/mol. The Morgan fingerprint density at radius 2 is 2.07 bits per heavy atom. The summed E-state index contributed by atoms with van der Waals surface area (Å²) >= 11 is 0. The van der Waals surface area contributed by atoms with Gasteiger partial charge in [0.15, 0.2) is 0 Å². The third-order valence-corrected chi connectivity index (χ3v) is 1.87. The lowest BCUT2D eigenvalue weighted by atomic mass is 10.2. The van der Waals surface area contributed by atoms with Crippen molar-refractivity contribution in [2.75, 3.05) is 6.61 Å². The molecule has 0 aliphatic rings. The standard InChI is InChI=1S/C12H16O2/c1-11(6-5-9-13)14-10-12-7-3-2-4-8-12/h2-8,11,13H,9-10H2,1H3/b6-5+. The first kappa shape index (κ1) is 11.0. The molecule has 0 radical (unpaired) electrons. The molecule has 0 spiro atoms. The van der Waals surface area contributed by atoms with Crippen LogP contribution in [0.3, 0.4) is 0 Å². The minimum Gasteiger partial charge on any atom is -0.392 e. The van der Waals surface area contributed by atoms with Crippen molar-refractivity contribution < 1.29 is 9.84 Å².